The minimum Gasteiger partial charge on any atom is -0.384 e. The van der Waals surface area contributed by atoms with Gasteiger partial charge in [-0.15, -0.1) is 0 Å². The molecule has 0 N–H and O–H groups in total. The molecule has 0 spiro atoms. The summed E-state index contributed by atoms with van der Waals surface area (Å²) < 4.78 is 10.3. The molecule has 6 heteroatoms. The third-order valence-corrected chi connectivity index (χ3v) is 2.88. The van der Waals surface area contributed by atoms with E-state index in [1.807, 2.05) is 0 Å². The first-order chi connectivity index (χ1) is 7.10. The van der Waals surface area contributed by atoms with Crippen molar-refractivity contribution in [1.82, 2.24) is 0 Å². The number of hydrogen-bond donors (Lipinski definition) is 0. The van der Waals surface area contributed by atoms with Crippen LogP contribution in [-0.2, 0) is 14.3 Å². The first-order valence-corrected chi connectivity index (χ1v) is 4.71. The Morgan fingerprint density at radius 2 is 2.33 bits per heavy atom. The Hall–Kier alpha value is -1.10. The highest BCUT2D eigenvalue weighted by Crippen LogP contribution is 2.37. The molecule has 6 nitrogen and oxygen atoms in total. The van der Waals surface area contributed by atoms with Crippen molar-refractivity contribution >= 4 is 5.78 Å². The SMILES string of the molecule is COC[C@H]1CC(=O)[C@](C)(N=[N+]=[N-])[C@@H]1OC. The zero-order valence-electron chi connectivity index (χ0n) is 9.14. The van der Waals surface area contributed by atoms with Crippen LogP contribution >= 0.6 is 0 Å². The molecule has 0 bridgehead atoms. The molecule has 0 amide bonds. The summed E-state index contributed by atoms with van der Waals surface area (Å²) in [5.41, 5.74) is 7.37. The average Bonchev–Trinajstić information content (AvgIpc) is 2.40. The Balaban J connectivity index is 2.97. The van der Waals surface area contributed by atoms with E-state index in [9.17, 15) is 4.79 Å². The number of methoxy groups -OCH3 is 2. The van der Waals surface area contributed by atoms with Gasteiger partial charge >= 0.3 is 0 Å². The molecule has 84 valence electrons. The zero-order chi connectivity index (χ0) is 11.5. The van der Waals surface area contributed by atoms with Gasteiger partial charge in [0, 0.05) is 31.5 Å². The minimum atomic E-state index is -1.09. The van der Waals surface area contributed by atoms with Gasteiger partial charge in [0.05, 0.1) is 12.7 Å². The Kier molecular flexibility index (Phi) is 3.68. The molecule has 0 aromatic rings. The van der Waals surface area contributed by atoms with Crippen molar-refractivity contribution in [2.45, 2.75) is 25.0 Å². The van der Waals surface area contributed by atoms with E-state index < -0.39 is 11.6 Å². The van der Waals surface area contributed by atoms with Crippen molar-refractivity contribution in [3.05, 3.63) is 10.4 Å². The van der Waals surface area contributed by atoms with Gasteiger partial charge in [0.25, 0.3) is 0 Å². The summed E-state index contributed by atoms with van der Waals surface area (Å²) in [6.45, 7) is 2.04. The second-order valence-electron chi connectivity index (χ2n) is 3.84. The molecule has 3 atom stereocenters. The lowest BCUT2D eigenvalue weighted by atomic mass is 9.95. The molecule has 0 heterocycles. The lowest BCUT2D eigenvalue weighted by Crippen LogP contribution is -2.41. The van der Waals surface area contributed by atoms with Crippen molar-refractivity contribution in [2.75, 3.05) is 20.8 Å². The number of ketones is 1. The van der Waals surface area contributed by atoms with Crippen LogP contribution in [0.4, 0.5) is 0 Å². The number of carbonyl (C=O) groups excluding carboxylic acids is 1. The molecular formula is C9H15N3O3. The van der Waals surface area contributed by atoms with E-state index in [1.54, 1.807) is 14.0 Å². The fraction of sp³-hybridized carbons (Fsp3) is 0.889. The second kappa shape index (κ2) is 4.61. The quantitative estimate of drug-likeness (QED) is 0.401. The van der Waals surface area contributed by atoms with Gasteiger partial charge in [-0.3, -0.25) is 4.79 Å². The molecule has 0 aromatic carbocycles. The largest absolute Gasteiger partial charge is 0.384 e. The van der Waals surface area contributed by atoms with Gasteiger partial charge in [-0.1, -0.05) is 5.11 Å². The summed E-state index contributed by atoms with van der Waals surface area (Å²) in [5.74, 6) is -0.128. The lowest BCUT2D eigenvalue weighted by molar-refractivity contribution is -0.123. The monoisotopic (exact) mass is 213 g/mol. The molecule has 0 aliphatic heterocycles. The maximum Gasteiger partial charge on any atom is 0.147 e. The maximum absolute atomic E-state index is 11.7. The minimum absolute atomic E-state index is 0.0389. The van der Waals surface area contributed by atoms with E-state index in [0.717, 1.165) is 0 Å². The van der Waals surface area contributed by atoms with Gasteiger partial charge in [-0.2, -0.15) is 0 Å². The normalized spacial score (nSPS) is 35.3. The number of ether oxygens (including phenoxy) is 2. The molecule has 0 unspecified atom stereocenters. The number of rotatable bonds is 4. The van der Waals surface area contributed by atoms with Crippen LogP contribution in [0.3, 0.4) is 0 Å². The number of nitrogens with zero attached hydrogens (tertiary/aromatic N) is 3. The van der Waals surface area contributed by atoms with E-state index >= 15 is 0 Å². The fourth-order valence-electron chi connectivity index (χ4n) is 2.16. The summed E-state index contributed by atoms with van der Waals surface area (Å²) in [6.07, 6.45) is -0.0668. The first kappa shape index (κ1) is 12.0. The number of Topliss-reactive ketones (excluding diaryl/α,β-unsaturated/α-hetero) is 1. The van der Waals surface area contributed by atoms with Crippen molar-refractivity contribution in [3.8, 4) is 0 Å². The highest BCUT2D eigenvalue weighted by Gasteiger charge is 2.51. The molecule has 0 saturated heterocycles. The van der Waals surface area contributed by atoms with E-state index in [0.29, 0.717) is 13.0 Å². The van der Waals surface area contributed by atoms with Crippen LogP contribution < -0.4 is 0 Å². The van der Waals surface area contributed by atoms with Gasteiger partial charge in [0.1, 0.15) is 11.3 Å². The summed E-state index contributed by atoms with van der Waals surface area (Å²) in [5, 5.41) is 3.57. The van der Waals surface area contributed by atoms with Crippen LogP contribution in [-0.4, -0.2) is 38.3 Å². The summed E-state index contributed by atoms with van der Waals surface area (Å²) in [6, 6.07) is 0. The Bertz CT molecular complexity index is 301. The summed E-state index contributed by atoms with van der Waals surface area (Å²) in [4.78, 5) is 14.5. The molecule has 0 radical (unpaired) electrons. The van der Waals surface area contributed by atoms with Crippen LogP contribution in [0.25, 0.3) is 10.4 Å². The standard InChI is InChI=1S/C9H15N3O3/c1-9(11-12-10)7(13)4-6(5-14-2)8(9)15-3/h6,8H,4-5H2,1-3H3/t6-,8-,9+/m1/s1. The van der Waals surface area contributed by atoms with Crippen LogP contribution in [0.15, 0.2) is 5.11 Å². The van der Waals surface area contributed by atoms with Crippen molar-refractivity contribution < 1.29 is 14.3 Å². The Labute approximate surface area is 88.2 Å². The van der Waals surface area contributed by atoms with Gasteiger partial charge < -0.3 is 9.47 Å². The highest BCUT2D eigenvalue weighted by atomic mass is 16.5. The van der Waals surface area contributed by atoms with Crippen molar-refractivity contribution in [1.29, 1.82) is 0 Å². The summed E-state index contributed by atoms with van der Waals surface area (Å²) >= 11 is 0. The van der Waals surface area contributed by atoms with Crippen LogP contribution in [0.1, 0.15) is 13.3 Å². The number of carbonyl (C=O) groups is 1. The topological polar surface area (TPSA) is 84.3 Å². The maximum atomic E-state index is 11.7. The van der Waals surface area contributed by atoms with Crippen LogP contribution in [0, 0.1) is 5.92 Å². The van der Waals surface area contributed by atoms with Gasteiger partial charge in [-0.05, 0) is 12.5 Å². The van der Waals surface area contributed by atoms with Gasteiger partial charge in [0.15, 0.2) is 0 Å². The lowest BCUT2D eigenvalue weighted by Gasteiger charge is -2.26. The second-order valence-corrected chi connectivity index (χ2v) is 3.84. The number of hydrogen-bond acceptors (Lipinski definition) is 4. The van der Waals surface area contributed by atoms with Crippen molar-refractivity contribution in [2.24, 2.45) is 11.0 Å². The molecule has 1 fully saturated rings. The van der Waals surface area contributed by atoms with Crippen LogP contribution in [0.5, 0.6) is 0 Å². The van der Waals surface area contributed by atoms with Gasteiger partial charge in [-0.25, -0.2) is 0 Å². The molecule has 1 aliphatic rings. The van der Waals surface area contributed by atoms with E-state index in [2.05, 4.69) is 10.0 Å². The summed E-state index contributed by atoms with van der Waals surface area (Å²) in [7, 11) is 3.08. The van der Waals surface area contributed by atoms with Crippen molar-refractivity contribution in [3.63, 3.8) is 0 Å². The molecule has 1 aliphatic carbocycles. The smallest absolute Gasteiger partial charge is 0.147 e. The van der Waals surface area contributed by atoms with E-state index in [4.69, 9.17) is 15.0 Å². The first-order valence-electron chi connectivity index (χ1n) is 4.71. The van der Waals surface area contributed by atoms with E-state index in [-0.39, 0.29) is 11.7 Å². The van der Waals surface area contributed by atoms with E-state index in [1.165, 1.54) is 7.11 Å². The molecule has 0 aromatic heterocycles. The third-order valence-electron chi connectivity index (χ3n) is 2.88. The van der Waals surface area contributed by atoms with Crippen LogP contribution in [0.2, 0.25) is 0 Å². The predicted molar refractivity (Wildman–Crippen MR) is 53.3 cm³/mol. The van der Waals surface area contributed by atoms with Gasteiger partial charge in [0.2, 0.25) is 0 Å². The zero-order valence-corrected chi connectivity index (χ0v) is 9.14. The molecule has 15 heavy (non-hydrogen) atoms. The third kappa shape index (κ3) is 1.97. The molecule has 1 saturated carbocycles. The fourth-order valence-corrected chi connectivity index (χ4v) is 2.16. The average molecular weight is 213 g/mol. The number of azide groups is 1. The Morgan fingerprint density at radius 1 is 1.67 bits per heavy atom. The molecular weight excluding hydrogens is 198 g/mol. The predicted octanol–water partition coefficient (Wildman–Crippen LogP) is 1.31. The molecule has 1 rings (SSSR count). The highest BCUT2D eigenvalue weighted by molar-refractivity contribution is 5.91. The Morgan fingerprint density at radius 3 is 2.80 bits per heavy atom.